The molecule has 3 heteroatoms. The predicted molar refractivity (Wildman–Crippen MR) is 73.2 cm³/mol. The Morgan fingerprint density at radius 3 is 2.39 bits per heavy atom. The number of hydrogen-bond donors (Lipinski definition) is 0. The van der Waals surface area contributed by atoms with E-state index in [1.807, 2.05) is 56.3 Å². The summed E-state index contributed by atoms with van der Waals surface area (Å²) in [6.45, 7) is 3.84. The topological polar surface area (TPSA) is 29.5 Å². The van der Waals surface area contributed by atoms with Crippen LogP contribution in [0.4, 0.5) is 0 Å². The Morgan fingerprint density at radius 1 is 1.28 bits per heavy atom. The summed E-state index contributed by atoms with van der Waals surface area (Å²) in [7, 11) is 3.95. The Morgan fingerprint density at radius 2 is 1.89 bits per heavy atom. The summed E-state index contributed by atoms with van der Waals surface area (Å²) in [6.07, 6.45) is 2.87. The van der Waals surface area contributed by atoms with Crippen LogP contribution in [-0.2, 0) is 9.53 Å². The molecule has 0 fully saturated rings. The average Bonchev–Trinajstić information content (AvgIpc) is 2.36. The number of ether oxygens (including phenoxy) is 1. The zero-order valence-corrected chi connectivity index (χ0v) is 11.5. The largest absolute Gasteiger partial charge is 0.453 e. The molecular weight excluding hydrogens is 226 g/mol. The highest BCUT2D eigenvalue weighted by Gasteiger charge is 2.24. The van der Waals surface area contributed by atoms with E-state index in [0.717, 1.165) is 5.56 Å². The van der Waals surface area contributed by atoms with Crippen LogP contribution >= 0.6 is 0 Å². The van der Waals surface area contributed by atoms with Crippen molar-refractivity contribution in [1.29, 1.82) is 0 Å². The van der Waals surface area contributed by atoms with E-state index in [2.05, 4.69) is 0 Å². The van der Waals surface area contributed by atoms with Crippen LogP contribution in [0.3, 0.4) is 0 Å². The summed E-state index contributed by atoms with van der Waals surface area (Å²) in [5.41, 5.74) is 1.01. The lowest BCUT2D eigenvalue weighted by Gasteiger charge is -2.29. The second kappa shape index (κ2) is 6.97. The normalized spacial score (nSPS) is 14.7. The zero-order valence-electron chi connectivity index (χ0n) is 11.5. The maximum Gasteiger partial charge on any atom is 0.331 e. The van der Waals surface area contributed by atoms with Crippen LogP contribution in [0.25, 0.3) is 0 Å². The van der Waals surface area contributed by atoms with Gasteiger partial charge in [-0.25, -0.2) is 4.79 Å². The van der Waals surface area contributed by atoms with E-state index in [4.69, 9.17) is 4.74 Å². The summed E-state index contributed by atoms with van der Waals surface area (Å²) in [5.74, 6) is -0.306. The molecule has 0 aromatic heterocycles. The fraction of sp³-hybridized carbons (Fsp3) is 0.400. The van der Waals surface area contributed by atoms with Gasteiger partial charge in [0, 0.05) is 12.1 Å². The van der Waals surface area contributed by atoms with Gasteiger partial charge in [-0.2, -0.15) is 0 Å². The first-order valence-corrected chi connectivity index (χ1v) is 6.11. The maximum atomic E-state index is 11.6. The minimum atomic E-state index is -0.306. The molecule has 98 valence electrons. The van der Waals surface area contributed by atoms with Crippen molar-refractivity contribution in [3.63, 3.8) is 0 Å². The summed E-state index contributed by atoms with van der Waals surface area (Å²) in [4.78, 5) is 13.7. The van der Waals surface area contributed by atoms with Crippen molar-refractivity contribution in [1.82, 2.24) is 4.90 Å². The van der Waals surface area contributed by atoms with Gasteiger partial charge in [0.05, 0.1) is 0 Å². The molecule has 3 nitrogen and oxygen atoms in total. The maximum absolute atomic E-state index is 11.6. The number of benzene rings is 1. The third kappa shape index (κ3) is 4.00. The minimum Gasteiger partial charge on any atom is -0.453 e. The monoisotopic (exact) mass is 247 g/mol. The Balaban J connectivity index is 2.92. The first-order valence-electron chi connectivity index (χ1n) is 6.11. The average molecular weight is 247 g/mol. The molecule has 0 bridgehead atoms. The standard InChI is InChI=1S/C15H21NO2/c1-5-9-14(17)18-15(12(2)16(3)4)13-10-7-6-8-11-13/h5-12,15H,1-4H3/b9-5-/t12-,15-/m0/s1. The second-order valence-electron chi connectivity index (χ2n) is 4.47. The molecule has 0 aliphatic heterocycles. The first-order chi connectivity index (χ1) is 8.56. The van der Waals surface area contributed by atoms with Crippen LogP contribution in [0.1, 0.15) is 25.5 Å². The number of rotatable bonds is 5. The summed E-state index contributed by atoms with van der Waals surface area (Å²) in [5, 5.41) is 0. The highest BCUT2D eigenvalue weighted by atomic mass is 16.5. The van der Waals surface area contributed by atoms with E-state index < -0.39 is 0 Å². The van der Waals surface area contributed by atoms with Crippen molar-refractivity contribution in [3.8, 4) is 0 Å². The summed E-state index contributed by atoms with van der Waals surface area (Å²) in [6, 6.07) is 9.93. The minimum absolute atomic E-state index is 0.113. The van der Waals surface area contributed by atoms with Gasteiger partial charge in [0.2, 0.25) is 0 Å². The van der Waals surface area contributed by atoms with E-state index in [-0.39, 0.29) is 18.1 Å². The Hall–Kier alpha value is -1.61. The zero-order chi connectivity index (χ0) is 13.5. The molecule has 0 amide bonds. The Kier molecular flexibility index (Phi) is 5.59. The number of carbonyl (C=O) groups excluding carboxylic acids is 1. The van der Waals surface area contributed by atoms with E-state index in [9.17, 15) is 4.79 Å². The van der Waals surface area contributed by atoms with Crippen molar-refractivity contribution in [2.45, 2.75) is 26.0 Å². The molecule has 0 radical (unpaired) electrons. The van der Waals surface area contributed by atoms with Gasteiger partial charge in [-0.05, 0) is 33.5 Å². The third-order valence-corrected chi connectivity index (χ3v) is 2.93. The summed E-state index contributed by atoms with van der Waals surface area (Å²) >= 11 is 0. The number of allylic oxidation sites excluding steroid dienone is 1. The number of carbonyl (C=O) groups is 1. The molecule has 0 unspecified atom stereocenters. The van der Waals surface area contributed by atoms with E-state index >= 15 is 0 Å². The molecule has 18 heavy (non-hydrogen) atoms. The molecule has 0 spiro atoms. The van der Waals surface area contributed by atoms with Gasteiger partial charge in [0.25, 0.3) is 0 Å². The number of likely N-dealkylation sites (N-methyl/N-ethyl adjacent to an activating group) is 1. The van der Waals surface area contributed by atoms with Crippen molar-refractivity contribution in [3.05, 3.63) is 48.0 Å². The van der Waals surface area contributed by atoms with E-state index in [1.54, 1.807) is 13.0 Å². The molecule has 0 aliphatic carbocycles. The molecule has 0 saturated carbocycles. The van der Waals surface area contributed by atoms with Gasteiger partial charge in [-0.15, -0.1) is 0 Å². The Labute approximate surface area is 109 Å². The number of esters is 1. The van der Waals surface area contributed by atoms with Gasteiger partial charge in [0.15, 0.2) is 0 Å². The number of hydrogen-bond acceptors (Lipinski definition) is 3. The lowest BCUT2D eigenvalue weighted by molar-refractivity contribution is -0.146. The molecule has 0 saturated heterocycles. The van der Waals surface area contributed by atoms with Crippen LogP contribution < -0.4 is 0 Å². The van der Waals surface area contributed by atoms with Crippen molar-refractivity contribution in [2.24, 2.45) is 0 Å². The van der Waals surface area contributed by atoms with E-state index in [0.29, 0.717) is 0 Å². The van der Waals surface area contributed by atoms with Gasteiger partial charge < -0.3 is 9.64 Å². The molecule has 0 aliphatic rings. The molecule has 1 aromatic rings. The van der Waals surface area contributed by atoms with Gasteiger partial charge in [0.1, 0.15) is 6.10 Å². The van der Waals surface area contributed by atoms with Crippen molar-refractivity contribution in [2.75, 3.05) is 14.1 Å². The van der Waals surface area contributed by atoms with Gasteiger partial charge in [-0.1, -0.05) is 36.4 Å². The molecule has 0 N–H and O–H groups in total. The third-order valence-electron chi connectivity index (χ3n) is 2.93. The molecular formula is C15H21NO2. The fourth-order valence-corrected chi connectivity index (χ4v) is 1.66. The van der Waals surface area contributed by atoms with Gasteiger partial charge >= 0.3 is 5.97 Å². The van der Waals surface area contributed by atoms with Crippen LogP contribution in [0.2, 0.25) is 0 Å². The second-order valence-corrected chi connectivity index (χ2v) is 4.47. The van der Waals surface area contributed by atoms with Crippen LogP contribution in [-0.4, -0.2) is 31.0 Å². The smallest absolute Gasteiger partial charge is 0.331 e. The van der Waals surface area contributed by atoms with Crippen LogP contribution in [0.15, 0.2) is 42.5 Å². The van der Waals surface area contributed by atoms with Crippen molar-refractivity contribution < 1.29 is 9.53 Å². The predicted octanol–water partition coefficient (Wildman–Crippen LogP) is 2.80. The van der Waals surface area contributed by atoms with Crippen LogP contribution in [0.5, 0.6) is 0 Å². The molecule has 0 heterocycles. The van der Waals surface area contributed by atoms with Crippen LogP contribution in [0, 0.1) is 0 Å². The lowest BCUT2D eigenvalue weighted by atomic mass is 10.0. The van der Waals surface area contributed by atoms with Gasteiger partial charge in [-0.3, -0.25) is 0 Å². The summed E-state index contributed by atoms with van der Waals surface area (Å²) < 4.78 is 5.53. The van der Waals surface area contributed by atoms with E-state index in [1.165, 1.54) is 6.08 Å². The SMILES string of the molecule is C/C=C\C(=O)O[C@H](c1ccccc1)[C@H](C)N(C)C. The van der Waals surface area contributed by atoms with Crippen molar-refractivity contribution >= 4 is 5.97 Å². The highest BCUT2D eigenvalue weighted by molar-refractivity contribution is 5.82. The Bertz CT molecular complexity index is 398. The quantitative estimate of drug-likeness (QED) is 0.592. The molecule has 1 aromatic carbocycles. The first kappa shape index (κ1) is 14.5. The lowest BCUT2D eigenvalue weighted by Crippen LogP contribution is -2.33. The fourth-order valence-electron chi connectivity index (χ4n) is 1.66. The number of nitrogens with zero attached hydrogens (tertiary/aromatic N) is 1. The highest BCUT2D eigenvalue weighted by Crippen LogP contribution is 2.24. The molecule has 1 rings (SSSR count). The molecule has 2 atom stereocenters.